The molecule has 3 rings (SSSR count). The summed E-state index contributed by atoms with van der Waals surface area (Å²) in [7, 11) is -3.61. The molecule has 170 valence electrons. The fourth-order valence-corrected chi connectivity index (χ4v) is 5.30. The van der Waals surface area contributed by atoms with Gasteiger partial charge in [0, 0.05) is 31.7 Å². The maximum Gasteiger partial charge on any atom is 0.271 e. The van der Waals surface area contributed by atoms with Crippen molar-refractivity contribution in [1.29, 1.82) is 0 Å². The number of hydrogen-bond acceptors (Lipinski definition) is 7. The van der Waals surface area contributed by atoms with Crippen LogP contribution in [0.25, 0.3) is 10.2 Å². The molecule has 11 heteroatoms. The van der Waals surface area contributed by atoms with Crippen LogP contribution in [0, 0.1) is 17.0 Å². The lowest BCUT2D eigenvalue weighted by molar-refractivity contribution is -0.384. The number of non-ortho nitro benzene ring substituents is 1. The molecule has 1 amide bonds. The highest BCUT2D eigenvalue weighted by Gasteiger charge is 2.17. The quantitative estimate of drug-likeness (QED) is 0.265. The van der Waals surface area contributed by atoms with Crippen LogP contribution in [-0.2, 0) is 25.9 Å². The van der Waals surface area contributed by atoms with Crippen molar-refractivity contribution in [2.24, 2.45) is 4.99 Å². The summed E-state index contributed by atoms with van der Waals surface area (Å²) in [5.41, 5.74) is 1.45. The summed E-state index contributed by atoms with van der Waals surface area (Å²) >= 11 is 1.21. The van der Waals surface area contributed by atoms with Gasteiger partial charge in [0.1, 0.15) is 0 Å². The van der Waals surface area contributed by atoms with Crippen LogP contribution in [0.4, 0.5) is 5.69 Å². The third-order valence-electron chi connectivity index (χ3n) is 4.72. The molecule has 32 heavy (non-hydrogen) atoms. The van der Waals surface area contributed by atoms with Crippen molar-refractivity contribution in [2.45, 2.75) is 31.7 Å². The molecule has 0 atom stereocenters. The van der Waals surface area contributed by atoms with Crippen molar-refractivity contribution in [2.75, 3.05) is 19.0 Å². The van der Waals surface area contributed by atoms with E-state index in [4.69, 9.17) is 4.74 Å². The third-order valence-corrected chi connectivity index (χ3v) is 7.52. The maximum atomic E-state index is 12.5. The number of fused-ring (bicyclic) bond motifs is 1. The van der Waals surface area contributed by atoms with E-state index in [0.717, 1.165) is 10.3 Å². The monoisotopic (exact) mass is 477 g/mol. The van der Waals surface area contributed by atoms with Crippen LogP contribution in [0.2, 0.25) is 0 Å². The zero-order chi connectivity index (χ0) is 23.3. The highest BCUT2D eigenvalue weighted by atomic mass is 32.2. The average molecular weight is 478 g/mol. The number of thiazole rings is 1. The van der Waals surface area contributed by atoms with Crippen LogP contribution >= 0.6 is 11.3 Å². The predicted molar refractivity (Wildman–Crippen MR) is 121 cm³/mol. The molecule has 1 heterocycles. The molecule has 0 aliphatic carbocycles. The van der Waals surface area contributed by atoms with E-state index in [-0.39, 0.29) is 22.8 Å². The number of hydrogen-bond donors (Lipinski definition) is 0. The molecule has 3 aromatic rings. The number of rotatable bonds is 9. The first-order valence-corrected chi connectivity index (χ1v) is 12.4. The molecular formula is C21H23N3O6S2. The van der Waals surface area contributed by atoms with Crippen molar-refractivity contribution in [3.63, 3.8) is 0 Å². The molecule has 0 spiro atoms. The highest BCUT2D eigenvalue weighted by molar-refractivity contribution is 7.91. The van der Waals surface area contributed by atoms with Crippen LogP contribution < -0.4 is 4.80 Å². The number of nitro groups is 1. The number of ether oxygens (including phenoxy) is 1. The van der Waals surface area contributed by atoms with E-state index >= 15 is 0 Å². The largest absolute Gasteiger partial charge is 0.380 e. The van der Waals surface area contributed by atoms with Gasteiger partial charge in [0.2, 0.25) is 5.91 Å². The Morgan fingerprint density at radius 2 is 1.94 bits per heavy atom. The van der Waals surface area contributed by atoms with Crippen molar-refractivity contribution in [3.8, 4) is 0 Å². The lowest BCUT2D eigenvalue weighted by atomic mass is 10.2. The number of nitro benzene ring substituents is 1. The summed E-state index contributed by atoms with van der Waals surface area (Å²) in [5, 5.41) is 11.2. The molecule has 0 radical (unpaired) electrons. The van der Waals surface area contributed by atoms with E-state index in [2.05, 4.69) is 4.99 Å². The van der Waals surface area contributed by atoms with Crippen molar-refractivity contribution in [3.05, 3.63) is 62.9 Å². The Bertz CT molecular complexity index is 1310. The highest BCUT2D eigenvalue weighted by Crippen LogP contribution is 2.23. The molecule has 9 nitrogen and oxygen atoms in total. The smallest absolute Gasteiger partial charge is 0.271 e. The molecule has 0 unspecified atom stereocenters. The summed E-state index contributed by atoms with van der Waals surface area (Å²) in [6.45, 7) is 4.91. The van der Waals surface area contributed by atoms with Gasteiger partial charge >= 0.3 is 0 Å². The van der Waals surface area contributed by atoms with Crippen LogP contribution in [-0.4, -0.2) is 42.8 Å². The van der Waals surface area contributed by atoms with E-state index in [9.17, 15) is 23.3 Å². The minimum Gasteiger partial charge on any atom is -0.380 e. The maximum absolute atomic E-state index is 12.5. The van der Waals surface area contributed by atoms with Crippen LogP contribution in [0.1, 0.15) is 18.9 Å². The molecule has 2 aromatic carbocycles. The minimum atomic E-state index is -3.61. The Morgan fingerprint density at radius 3 is 2.59 bits per heavy atom. The van der Waals surface area contributed by atoms with E-state index < -0.39 is 20.7 Å². The summed E-state index contributed by atoms with van der Waals surface area (Å²) in [6.07, 6.45) is -0.268. The Labute approximate surface area is 189 Å². The fraction of sp³-hybridized carbons (Fsp3) is 0.333. The molecule has 1 aromatic heterocycles. The average Bonchev–Trinajstić information content (AvgIpc) is 3.09. The molecule has 0 aliphatic rings. The first kappa shape index (κ1) is 23.8. The van der Waals surface area contributed by atoms with E-state index in [0.29, 0.717) is 30.1 Å². The van der Waals surface area contributed by atoms with Gasteiger partial charge in [-0.3, -0.25) is 14.9 Å². The molecule has 0 saturated heterocycles. The zero-order valence-electron chi connectivity index (χ0n) is 17.7. The van der Waals surface area contributed by atoms with Gasteiger partial charge in [-0.2, -0.15) is 4.99 Å². The zero-order valence-corrected chi connectivity index (χ0v) is 19.3. The van der Waals surface area contributed by atoms with Crippen LogP contribution in [0.5, 0.6) is 0 Å². The molecule has 0 fully saturated rings. The van der Waals surface area contributed by atoms with E-state index in [1.807, 2.05) is 13.8 Å². The normalized spacial score (nSPS) is 12.4. The molecular weight excluding hydrogens is 454 g/mol. The van der Waals surface area contributed by atoms with Gasteiger partial charge in [-0.1, -0.05) is 29.0 Å². The van der Waals surface area contributed by atoms with Crippen LogP contribution in [0.3, 0.4) is 0 Å². The molecule has 0 saturated carbocycles. The topological polar surface area (TPSA) is 121 Å². The lowest BCUT2D eigenvalue weighted by Crippen LogP contribution is -2.20. The van der Waals surface area contributed by atoms with Gasteiger partial charge in [-0.25, -0.2) is 8.42 Å². The minimum absolute atomic E-state index is 0.0671. The second-order valence-corrected chi connectivity index (χ2v) is 10.1. The Kier molecular flexibility index (Phi) is 7.54. The summed E-state index contributed by atoms with van der Waals surface area (Å²) < 4.78 is 32.8. The standard InChI is InChI=1S/C21H23N3O6S2/c1-3-30-12-11-23-18-14-16(24(26)27)6-9-19(18)31-21(23)22-20(25)10-13-32(28,29)17-7-4-15(2)5-8-17/h4-9,14H,3,10-13H2,1-2H3. The summed E-state index contributed by atoms with van der Waals surface area (Å²) in [5.74, 6) is -0.930. The molecule has 0 N–H and O–H groups in total. The Morgan fingerprint density at radius 1 is 1.22 bits per heavy atom. The second kappa shape index (κ2) is 10.2. The Hall–Kier alpha value is -2.89. The van der Waals surface area contributed by atoms with Gasteiger partial charge in [0.15, 0.2) is 14.6 Å². The first-order valence-electron chi connectivity index (χ1n) is 9.94. The van der Waals surface area contributed by atoms with Crippen LogP contribution in [0.15, 0.2) is 52.4 Å². The SMILES string of the molecule is CCOCCn1c(=NC(=O)CCS(=O)(=O)c2ccc(C)cc2)sc2ccc([N+](=O)[O-])cc21. The van der Waals surface area contributed by atoms with Crippen molar-refractivity contribution >= 4 is 43.0 Å². The lowest BCUT2D eigenvalue weighted by Gasteiger charge is -2.05. The number of carbonyl (C=O) groups is 1. The van der Waals surface area contributed by atoms with Crippen molar-refractivity contribution < 1.29 is 22.9 Å². The number of aromatic nitrogens is 1. The van der Waals surface area contributed by atoms with Gasteiger partial charge < -0.3 is 9.30 Å². The van der Waals surface area contributed by atoms with Gasteiger partial charge in [0.25, 0.3) is 5.69 Å². The van der Waals surface area contributed by atoms with E-state index in [1.165, 1.54) is 35.6 Å². The number of benzene rings is 2. The number of aryl methyl sites for hydroxylation is 1. The first-order chi connectivity index (χ1) is 15.2. The third kappa shape index (κ3) is 5.67. The number of nitrogens with zero attached hydrogens (tertiary/aromatic N) is 3. The number of amides is 1. The van der Waals surface area contributed by atoms with Gasteiger partial charge in [-0.15, -0.1) is 0 Å². The summed E-state index contributed by atoms with van der Waals surface area (Å²) in [6, 6.07) is 10.9. The van der Waals surface area contributed by atoms with Gasteiger partial charge in [-0.05, 0) is 32.0 Å². The second-order valence-electron chi connectivity index (χ2n) is 7.03. The number of carbonyl (C=O) groups excluding carboxylic acids is 1. The van der Waals surface area contributed by atoms with Crippen molar-refractivity contribution in [1.82, 2.24) is 4.57 Å². The Balaban J connectivity index is 1.88. The number of sulfone groups is 1. The summed E-state index contributed by atoms with van der Waals surface area (Å²) in [4.78, 5) is 27.8. The van der Waals surface area contributed by atoms with E-state index in [1.54, 1.807) is 22.8 Å². The molecule has 0 bridgehead atoms. The molecule has 0 aliphatic heterocycles. The van der Waals surface area contributed by atoms with Gasteiger partial charge in [0.05, 0.1) is 32.4 Å². The fourth-order valence-electron chi connectivity index (χ4n) is 3.02. The predicted octanol–water partition coefficient (Wildman–Crippen LogP) is 3.25.